The summed E-state index contributed by atoms with van der Waals surface area (Å²) in [5, 5.41) is 5.50. The number of urea groups is 2. The maximum absolute atomic E-state index is 11.5. The minimum Gasteiger partial charge on any atom is -0.260 e. The Morgan fingerprint density at radius 3 is 1.11 bits per heavy atom. The van der Waals surface area contributed by atoms with Crippen molar-refractivity contribution in [2.45, 2.75) is 12.3 Å². The highest BCUT2D eigenvalue weighted by Crippen LogP contribution is 2.04. The van der Waals surface area contributed by atoms with Gasteiger partial charge in [0.1, 0.15) is 12.3 Å². The summed E-state index contributed by atoms with van der Waals surface area (Å²) in [6.45, 7) is 0. The molecule has 18 heavy (non-hydrogen) atoms. The molecule has 0 atom stereocenters. The van der Waals surface area contributed by atoms with Gasteiger partial charge in [-0.15, -0.1) is 0 Å². The third-order valence-electron chi connectivity index (χ3n) is 2.81. The molecule has 0 saturated carbocycles. The van der Waals surface area contributed by atoms with Crippen molar-refractivity contribution in [3.63, 3.8) is 0 Å². The minimum absolute atomic E-state index is 0.195. The van der Waals surface area contributed by atoms with Gasteiger partial charge in [0.25, 0.3) is 0 Å². The Morgan fingerprint density at radius 2 is 0.889 bits per heavy atom. The number of hydrogen-bond donors (Lipinski definition) is 4. The predicted octanol–water partition coefficient (Wildman–Crippen LogP) is -2.35. The molecule has 4 N–H and O–H groups in total. The fourth-order valence-corrected chi connectivity index (χ4v) is 1.86. The van der Waals surface area contributed by atoms with Crippen molar-refractivity contribution in [3.8, 4) is 0 Å². The van der Waals surface area contributed by atoms with E-state index in [1.807, 2.05) is 0 Å². The second kappa shape index (κ2) is 4.57. The molecule has 10 nitrogen and oxygen atoms in total. The topological polar surface area (TPSA) is 95.2 Å². The van der Waals surface area contributed by atoms with Crippen molar-refractivity contribution in [1.29, 1.82) is 0 Å². The molecule has 0 radical (unpaired) electrons. The number of rotatable bonds is 1. The molecule has 0 aromatic carbocycles. The first kappa shape index (κ1) is 12.8. The first-order valence-corrected chi connectivity index (χ1v) is 5.47. The molecule has 0 unspecified atom stereocenters. The highest BCUT2D eigenvalue weighted by Gasteiger charge is 2.36. The molecule has 4 amide bonds. The Morgan fingerprint density at radius 1 is 0.667 bits per heavy atom. The van der Waals surface area contributed by atoms with E-state index in [2.05, 4.69) is 21.7 Å². The SMILES string of the molecule is CN1NC(C2NN(C)C(=O)N(C)N2)NN(C)C1=O. The van der Waals surface area contributed by atoms with Gasteiger partial charge in [-0.25, -0.2) is 31.3 Å². The fraction of sp³-hybridized carbons (Fsp3) is 0.750. The molecule has 0 aromatic rings. The number of nitrogens with zero attached hydrogens (tertiary/aromatic N) is 4. The van der Waals surface area contributed by atoms with Crippen molar-refractivity contribution in [2.75, 3.05) is 28.2 Å². The van der Waals surface area contributed by atoms with Gasteiger partial charge in [0.2, 0.25) is 0 Å². The second-order valence-electron chi connectivity index (χ2n) is 4.27. The Kier molecular flexibility index (Phi) is 3.26. The largest absolute Gasteiger partial charge is 0.348 e. The molecule has 2 fully saturated rings. The van der Waals surface area contributed by atoms with Gasteiger partial charge in [-0.05, 0) is 0 Å². The second-order valence-corrected chi connectivity index (χ2v) is 4.27. The van der Waals surface area contributed by atoms with Crippen LogP contribution in [0.5, 0.6) is 0 Å². The van der Waals surface area contributed by atoms with Crippen LogP contribution in [0, 0.1) is 0 Å². The summed E-state index contributed by atoms with van der Waals surface area (Å²) >= 11 is 0. The monoisotopic (exact) mass is 258 g/mol. The zero-order valence-corrected chi connectivity index (χ0v) is 10.8. The lowest BCUT2D eigenvalue weighted by atomic mass is 10.4. The van der Waals surface area contributed by atoms with Crippen LogP contribution in [0.3, 0.4) is 0 Å². The number of carbonyl (C=O) groups excluding carboxylic acids is 2. The van der Waals surface area contributed by atoms with E-state index >= 15 is 0 Å². The van der Waals surface area contributed by atoms with Crippen LogP contribution in [0.1, 0.15) is 0 Å². The van der Waals surface area contributed by atoms with E-state index in [1.165, 1.54) is 20.0 Å². The summed E-state index contributed by atoms with van der Waals surface area (Å²) < 4.78 is 0. The zero-order valence-electron chi connectivity index (χ0n) is 10.8. The van der Waals surface area contributed by atoms with Crippen LogP contribution >= 0.6 is 0 Å². The Bertz CT molecular complexity index is 301. The molecule has 10 heteroatoms. The van der Waals surface area contributed by atoms with Gasteiger partial charge in [0.05, 0.1) is 0 Å². The summed E-state index contributed by atoms with van der Waals surface area (Å²) in [4.78, 5) is 23.1. The molecule has 2 aliphatic heterocycles. The van der Waals surface area contributed by atoms with Gasteiger partial charge < -0.3 is 0 Å². The van der Waals surface area contributed by atoms with Crippen molar-refractivity contribution in [2.24, 2.45) is 0 Å². The maximum Gasteiger partial charge on any atom is 0.348 e. The van der Waals surface area contributed by atoms with Crippen LogP contribution in [0.25, 0.3) is 0 Å². The summed E-state index contributed by atoms with van der Waals surface area (Å²) in [6, 6.07) is -0.389. The van der Waals surface area contributed by atoms with E-state index in [-0.39, 0.29) is 24.4 Å². The number of carbonyl (C=O) groups is 2. The van der Waals surface area contributed by atoms with Crippen LogP contribution in [0.4, 0.5) is 9.59 Å². The molecule has 0 spiro atoms. The van der Waals surface area contributed by atoms with E-state index in [0.717, 1.165) is 0 Å². The van der Waals surface area contributed by atoms with Gasteiger partial charge in [0, 0.05) is 28.2 Å². The normalized spacial score (nSPS) is 24.2. The Hall–Kier alpha value is -1.62. The molecular formula is C8H18N8O2. The van der Waals surface area contributed by atoms with Gasteiger partial charge in [0.15, 0.2) is 0 Å². The maximum atomic E-state index is 11.5. The molecule has 2 saturated heterocycles. The molecule has 2 aliphatic rings. The van der Waals surface area contributed by atoms with Gasteiger partial charge in [-0.1, -0.05) is 0 Å². The van der Waals surface area contributed by atoms with Gasteiger partial charge in [-0.3, -0.25) is 20.0 Å². The molecule has 0 bridgehead atoms. The van der Waals surface area contributed by atoms with Crippen LogP contribution in [0.2, 0.25) is 0 Å². The van der Waals surface area contributed by atoms with E-state index in [4.69, 9.17) is 0 Å². The Balaban J connectivity index is 2.04. The van der Waals surface area contributed by atoms with Crippen LogP contribution in [-0.4, -0.2) is 72.6 Å². The summed E-state index contributed by atoms with van der Waals surface area (Å²) in [6.07, 6.45) is -0.591. The summed E-state index contributed by atoms with van der Waals surface area (Å²) in [7, 11) is 6.53. The van der Waals surface area contributed by atoms with Crippen LogP contribution in [-0.2, 0) is 0 Å². The van der Waals surface area contributed by atoms with E-state index < -0.39 is 0 Å². The number of amides is 4. The first-order valence-electron chi connectivity index (χ1n) is 5.47. The smallest absolute Gasteiger partial charge is 0.260 e. The average molecular weight is 258 g/mol. The lowest BCUT2D eigenvalue weighted by Crippen LogP contribution is -2.79. The lowest BCUT2D eigenvalue weighted by molar-refractivity contribution is -0.0123. The Labute approximate surface area is 105 Å². The highest BCUT2D eigenvalue weighted by molar-refractivity contribution is 5.74. The van der Waals surface area contributed by atoms with E-state index in [9.17, 15) is 9.59 Å². The van der Waals surface area contributed by atoms with Crippen molar-refractivity contribution in [3.05, 3.63) is 0 Å². The molecule has 102 valence electrons. The zero-order chi connectivity index (χ0) is 13.4. The molecule has 2 rings (SSSR count). The van der Waals surface area contributed by atoms with Crippen molar-refractivity contribution < 1.29 is 9.59 Å². The molecule has 0 aliphatic carbocycles. The molecule has 2 heterocycles. The minimum atomic E-state index is -0.296. The molecule has 0 aromatic heterocycles. The van der Waals surface area contributed by atoms with Gasteiger partial charge >= 0.3 is 12.1 Å². The predicted molar refractivity (Wildman–Crippen MR) is 62.0 cm³/mol. The molecular weight excluding hydrogens is 240 g/mol. The third-order valence-corrected chi connectivity index (χ3v) is 2.81. The third kappa shape index (κ3) is 2.18. The summed E-state index contributed by atoms with van der Waals surface area (Å²) in [5.41, 5.74) is 11.9. The quantitative estimate of drug-likeness (QED) is 0.421. The van der Waals surface area contributed by atoms with Crippen molar-refractivity contribution >= 4 is 12.1 Å². The first-order chi connectivity index (χ1) is 8.40. The summed E-state index contributed by atoms with van der Waals surface area (Å²) in [5.74, 6) is 0. The van der Waals surface area contributed by atoms with Gasteiger partial charge in [-0.2, -0.15) is 0 Å². The average Bonchev–Trinajstić information content (AvgIpc) is 2.31. The number of hydrazine groups is 4. The van der Waals surface area contributed by atoms with Crippen molar-refractivity contribution in [1.82, 2.24) is 41.7 Å². The standard InChI is InChI=1S/C8H18N8O2/c1-13-7(17)14(2)10-5(9-13)6-11-15(3)8(18)16(4)12-6/h5-6,9-12H,1-4H3. The van der Waals surface area contributed by atoms with E-state index in [0.29, 0.717) is 0 Å². The number of hydrogen-bond acceptors (Lipinski definition) is 6. The lowest BCUT2D eigenvalue weighted by Gasteiger charge is -2.45. The number of nitrogens with one attached hydrogen (secondary N) is 4. The fourth-order valence-electron chi connectivity index (χ4n) is 1.86. The van der Waals surface area contributed by atoms with Crippen LogP contribution < -0.4 is 21.7 Å². The van der Waals surface area contributed by atoms with Crippen LogP contribution in [0.15, 0.2) is 0 Å². The highest BCUT2D eigenvalue weighted by atomic mass is 16.2. The van der Waals surface area contributed by atoms with E-state index in [1.54, 1.807) is 28.2 Å².